The van der Waals surface area contributed by atoms with E-state index in [1.54, 1.807) is 18.2 Å². The summed E-state index contributed by atoms with van der Waals surface area (Å²) in [5.74, 6) is -1.68. The number of hydrogen-bond donors (Lipinski definition) is 2. The van der Waals surface area contributed by atoms with E-state index < -0.39 is 23.1 Å². The zero-order valence-electron chi connectivity index (χ0n) is 12.2. The molecule has 0 fully saturated rings. The van der Waals surface area contributed by atoms with Gasteiger partial charge in [-0.2, -0.15) is 0 Å². The van der Waals surface area contributed by atoms with Crippen LogP contribution in [-0.2, 0) is 10.0 Å². The monoisotopic (exact) mass is 366 g/mol. The van der Waals surface area contributed by atoms with Crippen molar-refractivity contribution in [3.8, 4) is 0 Å². The standard InChI is InChI=1S/C14H13BFN2O4PS/c16-13(23)12-8-10-11(15(19)20)6-7-17-14(10)18(12)24(21,22)9-4-2-1-3-5-9/h1-8,13,19-20H,23H2. The third-order valence-electron chi connectivity index (χ3n) is 3.56. The Balaban J connectivity index is 2.39. The molecule has 10 heteroatoms. The number of rotatable bonds is 4. The maximum Gasteiger partial charge on any atom is 0.489 e. The lowest BCUT2D eigenvalue weighted by Crippen LogP contribution is -2.30. The summed E-state index contributed by atoms with van der Waals surface area (Å²) in [7, 11) is -4.05. The average Bonchev–Trinajstić information content (AvgIpc) is 2.96. The van der Waals surface area contributed by atoms with E-state index in [9.17, 15) is 22.9 Å². The highest BCUT2D eigenvalue weighted by molar-refractivity contribution is 7.90. The quantitative estimate of drug-likeness (QED) is 0.526. The van der Waals surface area contributed by atoms with E-state index >= 15 is 0 Å². The van der Waals surface area contributed by atoms with Gasteiger partial charge in [0.1, 0.15) is 0 Å². The Hall–Kier alpha value is -1.80. The van der Waals surface area contributed by atoms with Crippen LogP contribution in [0.2, 0.25) is 0 Å². The molecule has 2 heterocycles. The Morgan fingerprint density at radius 3 is 2.46 bits per heavy atom. The summed E-state index contributed by atoms with van der Waals surface area (Å²) in [6.07, 6.45) is 1.24. The van der Waals surface area contributed by atoms with E-state index in [0.29, 0.717) is 0 Å². The molecule has 0 saturated heterocycles. The van der Waals surface area contributed by atoms with Crippen molar-refractivity contribution in [3.63, 3.8) is 0 Å². The molecule has 124 valence electrons. The zero-order valence-corrected chi connectivity index (χ0v) is 14.2. The summed E-state index contributed by atoms with van der Waals surface area (Å²) in [5.41, 5.74) is -0.182. The predicted octanol–water partition coefficient (Wildman–Crippen LogP) is 0.796. The van der Waals surface area contributed by atoms with Crippen molar-refractivity contribution in [1.29, 1.82) is 0 Å². The molecule has 0 amide bonds. The number of fused-ring (bicyclic) bond motifs is 1. The molecule has 2 N–H and O–H groups in total. The molecule has 2 unspecified atom stereocenters. The van der Waals surface area contributed by atoms with Crippen LogP contribution in [0, 0.1) is 0 Å². The normalized spacial score (nSPS) is 13.2. The number of pyridine rings is 1. The van der Waals surface area contributed by atoms with Crippen molar-refractivity contribution in [1.82, 2.24) is 8.96 Å². The highest BCUT2D eigenvalue weighted by atomic mass is 32.2. The fourth-order valence-corrected chi connectivity index (χ4v) is 4.35. The van der Waals surface area contributed by atoms with Crippen LogP contribution < -0.4 is 5.46 Å². The highest BCUT2D eigenvalue weighted by Gasteiger charge is 2.28. The van der Waals surface area contributed by atoms with Gasteiger partial charge in [0, 0.05) is 11.6 Å². The first-order valence-electron chi connectivity index (χ1n) is 6.90. The van der Waals surface area contributed by atoms with Crippen LogP contribution in [0.4, 0.5) is 4.39 Å². The minimum absolute atomic E-state index is 0.0221. The Morgan fingerprint density at radius 2 is 1.88 bits per heavy atom. The second-order valence-electron chi connectivity index (χ2n) is 5.06. The van der Waals surface area contributed by atoms with Gasteiger partial charge in [0.2, 0.25) is 0 Å². The summed E-state index contributed by atoms with van der Waals surface area (Å²) in [6, 6.07) is 10.2. The van der Waals surface area contributed by atoms with Crippen molar-refractivity contribution in [2.45, 2.75) is 10.8 Å². The molecule has 0 aliphatic rings. The molecule has 3 aromatic rings. The highest BCUT2D eigenvalue weighted by Crippen LogP contribution is 2.32. The first kappa shape index (κ1) is 17.0. The number of benzene rings is 1. The predicted molar refractivity (Wildman–Crippen MR) is 92.1 cm³/mol. The van der Waals surface area contributed by atoms with Gasteiger partial charge >= 0.3 is 7.12 Å². The van der Waals surface area contributed by atoms with E-state index in [2.05, 4.69) is 4.98 Å². The van der Waals surface area contributed by atoms with E-state index in [4.69, 9.17) is 0 Å². The minimum atomic E-state index is -4.10. The van der Waals surface area contributed by atoms with Crippen LogP contribution in [-0.4, -0.2) is 34.5 Å². The van der Waals surface area contributed by atoms with Gasteiger partial charge < -0.3 is 10.0 Å². The first-order valence-corrected chi connectivity index (χ1v) is 9.01. The fourth-order valence-electron chi connectivity index (χ4n) is 2.48. The Bertz CT molecular complexity index is 993. The van der Waals surface area contributed by atoms with Crippen LogP contribution in [0.5, 0.6) is 0 Å². The molecule has 0 aliphatic heterocycles. The molecule has 6 nitrogen and oxygen atoms in total. The third kappa shape index (κ3) is 2.73. The first-order chi connectivity index (χ1) is 11.3. The molecule has 24 heavy (non-hydrogen) atoms. The number of alkyl halides is 1. The molecular formula is C14H13BFN2O4PS. The summed E-state index contributed by atoms with van der Waals surface area (Å²) in [6.45, 7) is 0. The molecule has 0 saturated carbocycles. The molecule has 1 aromatic carbocycles. The number of hydrogen-bond acceptors (Lipinski definition) is 5. The van der Waals surface area contributed by atoms with Gasteiger partial charge in [0.15, 0.2) is 11.6 Å². The smallest absolute Gasteiger partial charge is 0.423 e. The molecule has 2 atom stereocenters. The number of nitrogens with zero attached hydrogens (tertiary/aromatic N) is 2. The number of aromatic nitrogens is 2. The molecule has 0 radical (unpaired) electrons. The second kappa shape index (κ2) is 6.25. The molecule has 0 aliphatic carbocycles. The summed E-state index contributed by atoms with van der Waals surface area (Å²) >= 11 is 0. The lowest BCUT2D eigenvalue weighted by Gasteiger charge is -2.12. The van der Waals surface area contributed by atoms with Crippen LogP contribution in [0.1, 0.15) is 11.6 Å². The maximum absolute atomic E-state index is 14.0. The van der Waals surface area contributed by atoms with E-state index in [0.717, 1.165) is 3.97 Å². The molecule has 2 aromatic heterocycles. The lowest BCUT2D eigenvalue weighted by atomic mass is 9.79. The van der Waals surface area contributed by atoms with Crippen molar-refractivity contribution in [2.24, 2.45) is 0 Å². The van der Waals surface area contributed by atoms with E-state index in [1.165, 1.54) is 30.5 Å². The van der Waals surface area contributed by atoms with E-state index in [-0.39, 0.29) is 27.1 Å². The summed E-state index contributed by atoms with van der Waals surface area (Å²) < 4.78 is 40.7. The van der Waals surface area contributed by atoms with Crippen molar-refractivity contribution >= 4 is 42.9 Å². The molecular weight excluding hydrogens is 353 g/mol. The average molecular weight is 366 g/mol. The van der Waals surface area contributed by atoms with Gasteiger partial charge in [-0.25, -0.2) is 21.8 Å². The molecule has 0 bridgehead atoms. The van der Waals surface area contributed by atoms with Gasteiger partial charge in [-0.1, -0.05) is 27.4 Å². The molecule has 3 rings (SSSR count). The second-order valence-corrected chi connectivity index (χ2v) is 7.44. The fraction of sp³-hybridized carbons (Fsp3) is 0.0714. The van der Waals surface area contributed by atoms with Crippen molar-refractivity contribution in [3.05, 3.63) is 54.4 Å². The van der Waals surface area contributed by atoms with Gasteiger partial charge in [-0.15, -0.1) is 0 Å². The summed E-state index contributed by atoms with van der Waals surface area (Å²) in [4.78, 5) is 3.98. The SMILES string of the molecule is O=S(=O)(c1ccccc1)n1c(C(F)P)cc2c(B(O)O)ccnc21. The van der Waals surface area contributed by atoms with Crippen molar-refractivity contribution < 1.29 is 22.9 Å². The van der Waals surface area contributed by atoms with Gasteiger partial charge in [-0.05, 0) is 29.7 Å². The molecule has 0 spiro atoms. The zero-order chi connectivity index (χ0) is 17.5. The minimum Gasteiger partial charge on any atom is -0.423 e. The topological polar surface area (TPSA) is 92.4 Å². The lowest BCUT2D eigenvalue weighted by molar-refractivity contribution is 0.426. The third-order valence-corrected chi connectivity index (χ3v) is 5.64. The van der Waals surface area contributed by atoms with Crippen LogP contribution in [0.3, 0.4) is 0 Å². The van der Waals surface area contributed by atoms with Crippen LogP contribution in [0.25, 0.3) is 11.0 Å². The van der Waals surface area contributed by atoms with Crippen molar-refractivity contribution in [2.75, 3.05) is 0 Å². The van der Waals surface area contributed by atoms with Gasteiger partial charge in [-0.3, -0.25) is 0 Å². The maximum atomic E-state index is 14.0. The van der Waals surface area contributed by atoms with E-state index in [1.807, 2.05) is 9.24 Å². The Labute approximate surface area is 140 Å². The summed E-state index contributed by atoms with van der Waals surface area (Å²) in [5, 5.41) is 19.1. The van der Waals surface area contributed by atoms with Crippen LogP contribution >= 0.6 is 9.24 Å². The largest absolute Gasteiger partial charge is 0.489 e. The van der Waals surface area contributed by atoms with Gasteiger partial charge in [0.25, 0.3) is 10.0 Å². The van der Waals surface area contributed by atoms with Crippen LogP contribution in [0.15, 0.2) is 53.6 Å². The Kier molecular flexibility index (Phi) is 4.44. The Morgan fingerprint density at radius 1 is 1.21 bits per heavy atom. The number of halogens is 1. The van der Waals surface area contributed by atoms with Gasteiger partial charge in [0.05, 0.1) is 10.6 Å².